The molecule has 0 radical (unpaired) electrons. The molecule has 0 bridgehead atoms. The normalized spacial score (nSPS) is 22.1. The second-order valence-electron chi connectivity index (χ2n) is 7.49. The fourth-order valence-corrected chi connectivity index (χ4v) is 4.04. The summed E-state index contributed by atoms with van der Waals surface area (Å²) >= 11 is 0. The molecule has 1 aliphatic heterocycles. The number of anilines is 1. The summed E-state index contributed by atoms with van der Waals surface area (Å²) in [5, 5.41) is 11.1. The first-order valence-corrected chi connectivity index (χ1v) is 10.1. The molecule has 0 aromatic heterocycles. The van der Waals surface area contributed by atoms with Crippen LogP contribution in [0.25, 0.3) is 5.76 Å². The van der Waals surface area contributed by atoms with Gasteiger partial charge in [-0.15, -0.1) is 0 Å². The molecule has 0 saturated carbocycles. The second kappa shape index (κ2) is 8.70. The molecule has 2 atom stereocenters. The molecule has 0 spiro atoms. The minimum absolute atomic E-state index is 0.0126. The summed E-state index contributed by atoms with van der Waals surface area (Å²) in [6.07, 6.45) is 4.63. The molecule has 164 valence electrons. The van der Waals surface area contributed by atoms with E-state index in [1.807, 2.05) is 0 Å². The molecule has 1 fully saturated rings. The van der Waals surface area contributed by atoms with Gasteiger partial charge in [0, 0.05) is 17.2 Å². The Labute approximate surface area is 184 Å². The molecular formula is C25H22FNO5. The molecular weight excluding hydrogens is 413 g/mol. The second-order valence-corrected chi connectivity index (χ2v) is 7.49. The number of methoxy groups -OCH3 is 2. The van der Waals surface area contributed by atoms with Crippen LogP contribution >= 0.6 is 0 Å². The summed E-state index contributed by atoms with van der Waals surface area (Å²) in [5.74, 6) is -1.41. The van der Waals surface area contributed by atoms with Gasteiger partial charge in [-0.25, -0.2) is 4.39 Å². The fourth-order valence-electron chi connectivity index (χ4n) is 4.04. The monoisotopic (exact) mass is 435 g/mol. The van der Waals surface area contributed by atoms with E-state index in [1.54, 1.807) is 54.6 Å². The quantitative estimate of drug-likeness (QED) is 0.428. The highest BCUT2D eigenvalue weighted by Gasteiger charge is 2.48. The highest BCUT2D eigenvalue weighted by Crippen LogP contribution is 2.39. The van der Waals surface area contributed by atoms with Gasteiger partial charge in [0.25, 0.3) is 11.7 Å². The number of hydrogen-bond acceptors (Lipinski definition) is 5. The van der Waals surface area contributed by atoms with Crippen molar-refractivity contribution in [1.82, 2.24) is 0 Å². The molecule has 6 nitrogen and oxygen atoms in total. The van der Waals surface area contributed by atoms with Crippen molar-refractivity contribution in [3.05, 3.63) is 83.7 Å². The lowest BCUT2D eigenvalue weighted by Crippen LogP contribution is -2.39. The largest absolute Gasteiger partial charge is 0.507 e. The number of hydrogen-bond donors (Lipinski definition) is 1. The zero-order valence-corrected chi connectivity index (χ0v) is 17.6. The molecule has 2 aromatic carbocycles. The summed E-state index contributed by atoms with van der Waals surface area (Å²) in [7, 11) is 3.06. The molecule has 1 amide bonds. The van der Waals surface area contributed by atoms with Crippen molar-refractivity contribution in [2.45, 2.75) is 12.5 Å². The predicted molar refractivity (Wildman–Crippen MR) is 118 cm³/mol. The van der Waals surface area contributed by atoms with Gasteiger partial charge in [-0.3, -0.25) is 14.5 Å². The highest BCUT2D eigenvalue weighted by molar-refractivity contribution is 6.51. The van der Waals surface area contributed by atoms with Crippen molar-refractivity contribution < 1.29 is 28.6 Å². The van der Waals surface area contributed by atoms with Gasteiger partial charge in [0.05, 0.1) is 25.8 Å². The Bertz CT molecular complexity index is 1130. The van der Waals surface area contributed by atoms with E-state index >= 15 is 0 Å². The number of benzene rings is 2. The lowest BCUT2D eigenvalue weighted by Gasteiger charge is -2.31. The van der Waals surface area contributed by atoms with Crippen LogP contribution in [0.2, 0.25) is 0 Å². The van der Waals surface area contributed by atoms with Gasteiger partial charge in [-0.05, 0) is 67.1 Å². The third-order valence-electron chi connectivity index (χ3n) is 5.69. The molecule has 2 unspecified atom stereocenters. The van der Waals surface area contributed by atoms with E-state index in [0.717, 1.165) is 0 Å². The van der Waals surface area contributed by atoms with Crippen molar-refractivity contribution >= 4 is 23.1 Å². The lowest BCUT2D eigenvalue weighted by atomic mass is 9.86. The van der Waals surface area contributed by atoms with E-state index in [4.69, 9.17) is 9.47 Å². The summed E-state index contributed by atoms with van der Waals surface area (Å²) < 4.78 is 24.0. The van der Waals surface area contributed by atoms with Crippen LogP contribution in [-0.2, 0) is 9.59 Å². The average Bonchev–Trinajstić information content (AvgIpc) is 3.09. The van der Waals surface area contributed by atoms with Crippen LogP contribution in [0.3, 0.4) is 0 Å². The molecule has 1 aliphatic carbocycles. The highest BCUT2D eigenvalue weighted by atomic mass is 19.1. The maximum absolute atomic E-state index is 13.6. The number of nitrogens with zero attached hydrogens (tertiary/aromatic N) is 1. The molecule has 2 aliphatic rings. The van der Waals surface area contributed by atoms with Crippen molar-refractivity contribution in [2.24, 2.45) is 5.92 Å². The molecule has 1 saturated heterocycles. The van der Waals surface area contributed by atoms with E-state index in [1.165, 1.54) is 31.3 Å². The van der Waals surface area contributed by atoms with E-state index < -0.39 is 23.7 Å². The summed E-state index contributed by atoms with van der Waals surface area (Å²) in [5.41, 5.74) is 0.849. The van der Waals surface area contributed by atoms with Crippen molar-refractivity contribution in [3.8, 4) is 11.5 Å². The van der Waals surface area contributed by atoms with Gasteiger partial charge in [-0.1, -0.05) is 6.08 Å². The number of aliphatic hydroxyl groups excluding tert-OH is 1. The number of amides is 1. The van der Waals surface area contributed by atoms with Crippen LogP contribution in [0.1, 0.15) is 12.0 Å². The Morgan fingerprint density at radius 2 is 1.59 bits per heavy atom. The third kappa shape index (κ3) is 3.77. The van der Waals surface area contributed by atoms with E-state index in [-0.39, 0.29) is 23.6 Å². The van der Waals surface area contributed by atoms with Gasteiger partial charge in [0.2, 0.25) is 0 Å². The Kier molecular flexibility index (Phi) is 5.81. The van der Waals surface area contributed by atoms with Gasteiger partial charge in [-0.2, -0.15) is 0 Å². The van der Waals surface area contributed by atoms with Crippen molar-refractivity contribution in [2.75, 3.05) is 19.1 Å². The van der Waals surface area contributed by atoms with E-state index in [0.29, 0.717) is 22.7 Å². The topological polar surface area (TPSA) is 76.1 Å². The Hall–Kier alpha value is -3.87. The number of aliphatic hydroxyl groups is 1. The van der Waals surface area contributed by atoms with Crippen LogP contribution in [0.15, 0.2) is 78.2 Å². The standard InChI is InChI=1S/C25H22FNO5/c1-31-19-11-5-16(6-12-19)23(28)21-22(15-3-7-17(26)8-4-15)27(25(30)24(21)29)18-9-13-20(32-2)14-10-18/h3,5-15,22,28H,4H2,1-2H3/b23-21-. The molecule has 2 aromatic rings. The number of rotatable bonds is 5. The number of allylic oxidation sites excluding steroid dienone is 3. The number of ether oxygens (including phenoxy) is 2. The first-order valence-electron chi connectivity index (χ1n) is 10.1. The number of Topliss-reactive ketones (excluding diaryl/α,β-unsaturated/α-hetero) is 1. The number of carbonyl (C=O) groups is 2. The van der Waals surface area contributed by atoms with E-state index in [9.17, 15) is 19.1 Å². The molecule has 32 heavy (non-hydrogen) atoms. The van der Waals surface area contributed by atoms with Crippen LogP contribution < -0.4 is 14.4 Å². The smallest absolute Gasteiger partial charge is 0.299 e. The van der Waals surface area contributed by atoms with Gasteiger partial charge in [0.1, 0.15) is 23.1 Å². The maximum Gasteiger partial charge on any atom is 0.299 e. The fraction of sp³-hybridized carbons (Fsp3) is 0.200. The Balaban J connectivity index is 1.84. The first kappa shape index (κ1) is 21.4. The van der Waals surface area contributed by atoms with Crippen LogP contribution in [-0.4, -0.2) is 37.1 Å². The third-order valence-corrected chi connectivity index (χ3v) is 5.69. The minimum atomic E-state index is -0.800. The maximum atomic E-state index is 13.6. The van der Waals surface area contributed by atoms with Crippen molar-refractivity contribution in [3.63, 3.8) is 0 Å². The van der Waals surface area contributed by atoms with Gasteiger partial charge < -0.3 is 14.6 Å². The molecule has 7 heteroatoms. The first-order chi connectivity index (χ1) is 15.4. The predicted octanol–water partition coefficient (Wildman–Crippen LogP) is 4.39. The van der Waals surface area contributed by atoms with E-state index in [2.05, 4.69) is 0 Å². The summed E-state index contributed by atoms with van der Waals surface area (Å²) in [6.45, 7) is 0. The van der Waals surface area contributed by atoms with Gasteiger partial charge in [0.15, 0.2) is 0 Å². The van der Waals surface area contributed by atoms with Gasteiger partial charge >= 0.3 is 0 Å². The SMILES string of the molecule is COc1ccc(/C(O)=C2/C(=O)C(=O)N(c3ccc(OC)cc3)C2C2C=CC(F)=CC2)cc1. The number of carbonyl (C=O) groups excluding carboxylic acids is 2. The lowest BCUT2D eigenvalue weighted by molar-refractivity contribution is -0.132. The average molecular weight is 435 g/mol. The Morgan fingerprint density at radius 1 is 1.00 bits per heavy atom. The molecule has 1 N–H and O–H groups in total. The van der Waals surface area contributed by atoms with Crippen LogP contribution in [0.5, 0.6) is 11.5 Å². The molecule has 4 rings (SSSR count). The van der Waals surface area contributed by atoms with Crippen molar-refractivity contribution in [1.29, 1.82) is 0 Å². The van der Waals surface area contributed by atoms with Crippen LogP contribution in [0, 0.1) is 5.92 Å². The number of ketones is 1. The zero-order chi connectivity index (χ0) is 22.8. The Morgan fingerprint density at radius 3 is 2.12 bits per heavy atom. The number of halogens is 1. The van der Waals surface area contributed by atoms with Crippen LogP contribution in [0.4, 0.5) is 10.1 Å². The summed E-state index contributed by atoms with van der Waals surface area (Å²) in [4.78, 5) is 27.5. The summed E-state index contributed by atoms with van der Waals surface area (Å²) in [6, 6.07) is 12.5. The zero-order valence-electron chi connectivity index (χ0n) is 17.6. The minimum Gasteiger partial charge on any atom is -0.507 e. The molecule has 1 heterocycles.